The third kappa shape index (κ3) is 3.31. The molecule has 0 saturated carbocycles. The highest BCUT2D eigenvalue weighted by molar-refractivity contribution is 5.91. The fraction of sp³-hybridized carbons (Fsp3) is 0.200. The molecule has 2 rings (SSSR count). The van der Waals surface area contributed by atoms with Crippen LogP contribution in [0.5, 0.6) is 0 Å². The molecule has 1 aromatic heterocycles. The molecule has 19 heavy (non-hydrogen) atoms. The molecule has 0 amide bonds. The number of benzene rings is 1. The lowest BCUT2D eigenvalue weighted by atomic mass is 10.1. The van der Waals surface area contributed by atoms with Gasteiger partial charge in [0, 0.05) is 17.8 Å². The van der Waals surface area contributed by atoms with E-state index >= 15 is 0 Å². The van der Waals surface area contributed by atoms with Crippen LogP contribution in [-0.4, -0.2) is 22.4 Å². The van der Waals surface area contributed by atoms with Crippen molar-refractivity contribution >= 4 is 11.7 Å². The minimum absolute atomic E-state index is 0.357. The van der Waals surface area contributed by atoms with Gasteiger partial charge in [-0.15, -0.1) is 0 Å². The molecule has 0 unspecified atom stereocenters. The summed E-state index contributed by atoms with van der Waals surface area (Å²) in [6.07, 6.45) is 5.09. The zero-order valence-electron chi connectivity index (χ0n) is 11.0. The molecule has 1 aromatic carbocycles. The van der Waals surface area contributed by atoms with Crippen molar-refractivity contribution < 1.29 is 9.53 Å². The molecule has 0 saturated heterocycles. The number of carbonyl (C=O) groups is 1. The molecule has 2 aromatic rings. The molecule has 4 heteroatoms. The summed E-state index contributed by atoms with van der Waals surface area (Å²) in [7, 11) is 0. The van der Waals surface area contributed by atoms with Gasteiger partial charge in [-0.1, -0.05) is 30.3 Å². The topological polar surface area (TPSA) is 44.1 Å². The van der Waals surface area contributed by atoms with E-state index in [4.69, 9.17) is 4.74 Å². The van der Waals surface area contributed by atoms with Gasteiger partial charge in [0.15, 0.2) is 0 Å². The second kappa shape index (κ2) is 6.00. The second-order valence-corrected chi connectivity index (χ2v) is 4.11. The number of aromatic nitrogens is 2. The van der Waals surface area contributed by atoms with Gasteiger partial charge in [0.2, 0.25) is 0 Å². The first-order chi connectivity index (χ1) is 9.20. The Hall–Kier alpha value is -2.36. The first kappa shape index (κ1) is 13.1. The number of rotatable bonds is 4. The van der Waals surface area contributed by atoms with Gasteiger partial charge in [0.05, 0.1) is 18.5 Å². The summed E-state index contributed by atoms with van der Waals surface area (Å²) in [4.78, 5) is 11.7. The van der Waals surface area contributed by atoms with Crippen molar-refractivity contribution in [1.29, 1.82) is 0 Å². The molecule has 4 nitrogen and oxygen atoms in total. The van der Waals surface area contributed by atoms with Crippen LogP contribution in [0.4, 0.5) is 0 Å². The summed E-state index contributed by atoms with van der Waals surface area (Å²) >= 11 is 0. The van der Waals surface area contributed by atoms with Crippen LogP contribution in [0, 0.1) is 6.92 Å². The van der Waals surface area contributed by atoms with Gasteiger partial charge < -0.3 is 4.74 Å². The minimum Gasteiger partial charge on any atom is -0.463 e. The van der Waals surface area contributed by atoms with Crippen LogP contribution in [0.15, 0.2) is 48.8 Å². The second-order valence-electron chi connectivity index (χ2n) is 4.11. The highest BCUT2D eigenvalue weighted by Crippen LogP contribution is 2.16. The maximum atomic E-state index is 11.7. The molecule has 98 valence electrons. The number of nitrogens with zero attached hydrogens (tertiary/aromatic N) is 2. The van der Waals surface area contributed by atoms with Crippen molar-refractivity contribution in [3.63, 3.8) is 0 Å². The Morgan fingerprint density at radius 3 is 2.68 bits per heavy atom. The molecule has 0 spiro atoms. The maximum absolute atomic E-state index is 11.7. The molecular formula is C15H16N2O2. The SMILES string of the molecule is CCOC(=O)/C=C(/c1ccccc1)n1cc(C)cn1. The molecule has 0 aliphatic heterocycles. The van der Waals surface area contributed by atoms with E-state index in [-0.39, 0.29) is 5.97 Å². The van der Waals surface area contributed by atoms with Gasteiger partial charge in [-0.3, -0.25) is 0 Å². The Labute approximate surface area is 112 Å². The van der Waals surface area contributed by atoms with Crippen molar-refractivity contribution in [2.45, 2.75) is 13.8 Å². The molecular weight excluding hydrogens is 240 g/mol. The van der Waals surface area contributed by atoms with Crippen LogP contribution in [0.25, 0.3) is 5.70 Å². The van der Waals surface area contributed by atoms with E-state index in [9.17, 15) is 4.79 Å². The van der Waals surface area contributed by atoms with E-state index in [1.165, 1.54) is 6.08 Å². The van der Waals surface area contributed by atoms with E-state index in [0.717, 1.165) is 11.1 Å². The Bertz CT molecular complexity index is 585. The molecule has 0 atom stereocenters. The molecule has 0 N–H and O–H groups in total. The van der Waals surface area contributed by atoms with E-state index in [0.29, 0.717) is 12.3 Å². The van der Waals surface area contributed by atoms with E-state index < -0.39 is 0 Å². The van der Waals surface area contributed by atoms with Gasteiger partial charge in [-0.25, -0.2) is 9.48 Å². The highest BCUT2D eigenvalue weighted by Gasteiger charge is 2.08. The number of carbonyl (C=O) groups excluding carboxylic acids is 1. The fourth-order valence-electron chi connectivity index (χ4n) is 1.73. The number of hydrogen-bond donors (Lipinski definition) is 0. The predicted molar refractivity (Wildman–Crippen MR) is 73.4 cm³/mol. The molecule has 0 bridgehead atoms. The van der Waals surface area contributed by atoms with Crippen LogP contribution in [-0.2, 0) is 9.53 Å². The van der Waals surface area contributed by atoms with Crippen molar-refractivity contribution in [2.24, 2.45) is 0 Å². The highest BCUT2D eigenvalue weighted by atomic mass is 16.5. The molecule has 0 fully saturated rings. The van der Waals surface area contributed by atoms with Gasteiger partial charge in [-0.05, 0) is 19.4 Å². The van der Waals surface area contributed by atoms with E-state index in [1.54, 1.807) is 17.8 Å². The van der Waals surface area contributed by atoms with Crippen molar-refractivity contribution in [3.05, 3.63) is 59.9 Å². The van der Waals surface area contributed by atoms with Crippen LogP contribution in [0.1, 0.15) is 18.1 Å². The largest absolute Gasteiger partial charge is 0.463 e. The van der Waals surface area contributed by atoms with Crippen LogP contribution >= 0.6 is 0 Å². The lowest BCUT2D eigenvalue weighted by molar-refractivity contribution is -0.137. The fourth-order valence-corrected chi connectivity index (χ4v) is 1.73. The maximum Gasteiger partial charge on any atom is 0.332 e. The predicted octanol–water partition coefficient (Wildman–Crippen LogP) is 2.64. The lowest BCUT2D eigenvalue weighted by Gasteiger charge is -2.08. The van der Waals surface area contributed by atoms with Crippen LogP contribution in [0.3, 0.4) is 0 Å². The van der Waals surface area contributed by atoms with Gasteiger partial charge in [0.25, 0.3) is 0 Å². The summed E-state index contributed by atoms with van der Waals surface area (Å²) in [5.41, 5.74) is 2.65. The zero-order valence-corrected chi connectivity index (χ0v) is 11.0. The summed E-state index contributed by atoms with van der Waals surface area (Å²) in [5.74, 6) is -0.366. The Morgan fingerprint density at radius 1 is 1.37 bits per heavy atom. The summed E-state index contributed by atoms with van der Waals surface area (Å²) in [6.45, 7) is 4.10. The summed E-state index contributed by atoms with van der Waals surface area (Å²) < 4.78 is 6.65. The standard InChI is InChI=1S/C15H16N2O2/c1-3-19-15(18)9-14(13-7-5-4-6-8-13)17-11-12(2)10-16-17/h4-11H,3H2,1-2H3/b14-9-. The third-order valence-corrected chi connectivity index (χ3v) is 2.57. The van der Waals surface area contributed by atoms with Gasteiger partial charge >= 0.3 is 5.97 Å². The average Bonchev–Trinajstić information content (AvgIpc) is 2.84. The van der Waals surface area contributed by atoms with E-state index in [2.05, 4.69) is 5.10 Å². The first-order valence-electron chi connectivity index (χ1n) is 6.16. The lowest BCUT2D eigenvalue weighted by Crippen LogP contribution is -2.06. The molecule has 0 radical (unpaired) electrons. The minimum atomic E-state index is -0.366. The monoisotopic (exact) mass is 256 g/mol. The first-order valence-corrected chi connectivity index (χ1v) is 6.16. The van der Waals surface area contributed by atoms with Crippen LogP contribution < -0.4 is 0 Å². The normalized spacial score (nSPS) is 11.4. The Kier molecular flexibility index (Phi) is 4.13. The smallest absolute Gasteiger partial charge is 0.332 e. The third-order valence-electron chi connectivity index (χ3n) is 2.57. The Balaban J connectivity index is 2.42. The molecule has 1 heterocycles. The van der Waals surface area contributed by atoms with Crippen LogP contribution in [0.2, 0.25) is 0 Å². The number of aryl methyl sites for hydroxylation is 1. The van der Waals surface area contributed by atoms with E-state index in [1.807, 2.05) is 43.5 Å². The molecule has 0 aliphatic carbocycles. The Morgan fingerprint density at radius 2 is 2.11 bits per heavy atom. The molecule has 0 aliphatic rings. The van der Waals surface area contributed by atoms with Gasteiger partial charge in [-0.2, -0.15) is 5.10 Å². The number of ether oxygens (including phenoxy) is 1. The van der Waals surface area contributed by atoms with Gasteiger partial charge in [0.1, 0.15) is 0 Å². The quantitative estimate of drug-likeness (QED) is 0.624. The number of hydrogen-bond acceptors (Lipinski definition) is 3. The summed E-state index contributed by atoms with van der Waals surface area (Å²) in [5, 5.41) is 4.25. The summed E-state index contributed by atoms with van der Waals surface area (Å²) in [6, 6.07) is 9.64. The van der Waals surface area contributed by atoms with Crippen molar-refractivity contribution in [1.82, 2.24) is 9.78 Å². The van der Waals surface area contributed by atoms with Crippen molar-refractivity contribution in [2.75, 3.05) is 6.61 Å². The van der Waals surface area contributed by atoms with Crippen molar-refractivity contribution in [3.8, 4) is 0 Å². The average molecular weight is 256 g/mol. The number of esters is 1. The zero-order chi connectivity index (χ0) is 13.7.